The molecule has 2 N–H and O–H groups in total. The molecule has 1 fully saturated rings. The van der Waals surface area contributed by atoms with Gasteiger partial charge < -0.3 is 19.9 Å². The number of benzene rings is 1. The number of hydrogen-bond acceptors (Lipinski definition) is 4. The average molecular weight is 251 g/mol. The highest BCUT2D eigenvalue weighted by atomic mass is 16.5. The lowest BCUT2D eigenvalue weighted by Gasteiger charge is -2.19. The lowest BCUT2D eigenvalue weighted by molar-refractivity contribution is 0.178. The second-order valence-corrected chi connectivity index (χ2v) is 4.78. The van der Waals surface area contributed by atoms with Crippen molar-refractivity contribution in [1.29, 1.82) is 0 Å². The van der Waals surface area contributed by atoms with Crippen molar-refractivity contribution < 1.29 is 14.2 Å². The van der Waals surface area contributed by atoms with Crippen LogP contribution in [0.25, 0.3) is 0 Å². The van der Waals surface area contributed by atoms with E-state index >= 15 is 0 Å². The first-order chi connectivity index (χ1) is 8.70. The first-order valence-electron chi connectivity index (χ1n) is 6.15. The van der Waals surface area contributed by atoms with Crippen LogP contribution in [0, 0.1) is 0 Å². The van der Waals surface area contributed by atoms with Gasteiger partial charge in [0.2, 0.25) is 0 Å². The minimum atomic E-state index is 0.131. The van der Waals surface area contributed by atoms with Crippen molar-refractivity contribution in [3.05, 3.63) is 23.3 Å². The molecule has 2 rings (SSSR count). The van der Waals surface area contributed by atoms with Crippen molar-refractivity contribution in [2.45, 2.75) is 24.9 Å². The number of hydrogen-bond donors (Lipinski definition) is 1. The highest BCUT2D eigenvalue weighted by molar-refractivity contribution is 5.51. The molecule has 1 aromatic carbocycles. The Morgan fingerprint density at radius 3 is 2.00 bits per heavy atom. The quantitative estimate of drug-likeness (QED) is 0.838. The van der Waals surface area contributed by atoms with Crippen molar-refractivity contribution in [3.8, 4) is 11.5 Å². The van der Waals surface area contributed by atoms with Crippen LogP contribution in [0.4, 0.5) is 0 Å². The fourth-order valence-electron chi connectivity index (χ4n) is 2.34. The van der Waals surface area contributed by atoms with E-state index in [4.69, 9.17) is 19.9 Å². The van der Waals surface area contributed by atoms with Gasteiger partial charge in [0, 0.05) is 19.1 Å². The Kier molecular flexibility index (Phi) is 3.78. The molecule has 0 bridgehead atoms. The van der Waals surface area contributed by atoms with Crippen LogP contribution in [0.15, 0.2) is 12.1 Å². The van der Waals surface area contributed by atoms with Gasteiger partial charge in [0.25, 0.3) is 0 Å². The standard InChI is InChI=1S/C14H21NO3/c1-16-8-11-12(17-2)6-10(7-13(11)18-3)14(9-15)4-5-14/h6-7H,4-5,8-9,15H2,1-3H3. The van der Waals surface area contributed by atoms with E-state index in [9.17, 15) is 0 Å². The molecule has 0 unspecified atom stereocenters. The molecular weight excluding hydrogens is 230 g/mol. The molecule has 100 valence electrons. The van der Waals surface area contributed by atoms with E-state index in [0.717, 1.165) is 29.9 Å². The molecule has 4 heteroatoms. The van der Waals surface area contributed by atoms with Gasteiger partial charge in [-0.15, -0.1) is 0 Å². The van der Waals surface area contributed by atoms with Crippen molar-refractivity contribution >= 4 is 0 Å². The Labute approximate surface area is 108 Å². The van der Waals surface area contributed by atoms with E-state index in [1.54, 1.807) is 21.3 Å². The summed E-state index contributed by atoms with van der Waals surface area (Å²) in [6.45, 7) is 1.14. The van der Waals surface area contributed by atoms with E-state index in [1.807, 2.05) is 0 Å². The monoisotopic (exact) mass is 251 g/mol. The zero-order valence-corrected chi connectivity index (χ0v) is 11.3. The third-order valence-corrected chi connectivity index (χ3v) is 3.75. The van der Waals surface area contributed by atoms with Crippen LogP contribution < -0.4 is 15.2 Å². The van der Waals surface area contributed by atoms with E-state index in [0.29, 0.717) is 13.2 Å². The van der Waals surface area contributed by atoms with Crippen LogP contribution in [-0.2, 0) is 16.8 Å². The molecule has 0 atom stereocenters. The Morgan fingerprint density at radius 1 is 1.11 bits per heavy atom. The molecule has 18 heavy (non-hydrogen) atoms. The molecule has 1 aliphatic carbocycles. The molecular formula is C14H21NO3. The first kappa shape index (κ1) is 13.2. The van der Waals surface area contributed by atoms with Gasteiger partial charge in [-0.05, 0) is 30.5 Å². The molecule has 0 spiro atoms. The lowest BCUT2D eigenvalue weighted by atomic mass is 9.94. The summed E-state index contributed by atoms with van der Waals surface area (Å²) in [6, 6.07) is 4.13. The predicted molar refractivity (Wildman–Crippen MR) is 70.2 cm³/mol. The average Bonchev–Trinajstić information content (AvgIpc) is 3.20. The summed E-state index contributed by atoms with van der Waals surface area (Å²) in [6.07, 6.45) is 2.28. The van der Waals surface area contributed by atoms with Gasteiger partial charge in [-0.1, -0.05) is 0 Å². The molecule has 0 heterocycles. The zero-order chi connectivity index (χ0) is 13.2. The van der Waals surface area contributed by atoms with Crippen LogP contribution in [0.5, 0.6) is 11.5 Å². The minimum absolute atomic E-state index is 0.131. The number of methoxy groups -OCH3 is 3. The van der Waals surface area contributed by atoms with Gasteiger partial charge in [0.15, 0.2) is 0 Å². The predicted octanol–water partition coefficient (Wildman–Crippen LogP) is 1.84. The maximum absolute atomic E-state index is 5.87. The van der Waals surface area contributed by atoms with Crippen molar-refractivity contribution in [1.82, 2.24) is 0 Å². The van der Waals surface area contributed by atoms with E-state index in [-0.39, 0.29) is 5.41 Å². The minimum Gasteiger partial charge on any atom is -0.496 e. The van der Waals surface area contributed by atoms with Gasteiger partial charge >= 0.3 is 0 Å². The Hall–Kier alpha value is -1.26. The van der Waals surface area contributed by atoms with Gasteiger partial charge in [-0.25, -0.2) is 0 Å². The van der Waals surface area contributed by atoms with E-state index in [1.165, 1.54) is 5.56 Å². The van der Waals surface area contributed by atoms with E-state index in [2.05, 4.69) is 12.1 Å². The third-order valence-electron chi connectivity index (χ3n) is 3.75. The molecule has 4 nitrogen and oxygen atoms in total. The number of nitrogens with two attached hydrogens (primary N) is 1. The van der Waals surface area contributed by atoms with Crippen LogP contribution in [0.1, 0.15) is 24.0 Å². The van der Waals surface area contributed by atoms with Gasteiger partial charge in [-0.3, -0.25) is 0 Å². The molecule has 0 saturated heterocycles. The fraction of sp³-hybridized carbons (Fsp3) is 0.571. The van der Waals surface area contributed by atoms with E-state index < -0.39 is 0 Å². The fourth-order valence-corrected chi connectivity index (χ4v) is 2.34. The van der Waals surface area contributed by atoms with Gasteiger partial charge in [0.05, 0.1) is 26.4 Å². The summed E-state index contributed by atoms with van der Waals surface area (Å²) < 4.78 is 16.1. The van der Waals surface area contributed by atoms with Crippen LogP contribution in [-0.4, -0.2) is 27.9 Å². The zero-order valence-electron chi connectivity index (χ0n) is 11.3. The molecule has 1 aliphatic rings. The lowest BCUT2D eigenvalue weighted by Crippen LogP contribution is -2.20. The summed E-state index contributed by atoms with van der Waals surface area (Å²) in [5.41, 5.74) is 8.16. The second-order valence-electron chi connectivity index (χ2n) is 4.78. The maximum Gasteiger partial charge on any atom is 0.128 e. The summed E-state index contributed by atoms with van der Waals surface area (Å²) in [5, 5.41) is 0. The van der Waals surface area contributed by atoms with Crippen molar-refractivity contribution in [2.75, 3.05) is 27.9 Å². The first-order valence-corrected chi connectivity index (χ1v) is 6.15. The normalized spacial score (nSPS) is 16.4. The molecule has 0 aliphatic heterocycles. The molecule has 0 amide bonds. The molecule has 1 aromatic rings. The van der Waals surface area contributed by atoms with Crippen LogP contribution in [0.3, 0.4) is 0 Å². The Bertz CT molecular complexity index is 402. The summed E-state index contributed by atoms with van der Waals surface area (Å²) in [5.74, 6) is 1.62. The van der Waals surface area contributed by atoms with Gasteiger partial charge in [-0.2, -0.15) is 0 Å². The molecule has 1 saturated carbocycles. The second kappa shape index (κ2) is 5.16. The van der Waals surface area contributed by atoms with Crippen molar-refractivity contribution in [2.24, 2.45) is 5.73 Å². The smallest absolute Gasteiger partial charge is 0.128 e. The Morgan fingerprint density at radius 2 is 1.67 bits per heavy atom. The van der Waals surface area contributed by atoms with Crippen LogP contribution >= 0.6 is 0 Å². The Balaban J connectivity index is 2.46. The maximum atomic E-state index is 5.87. The summed E-state index contributed by atoms with van der Waals surface area (Å²) >= 11 is 0. The number of rotatable bonds is 6. The van der Waals surface area contributed by atoms with Gasteiger partial charge in [0.1, 0.15) is 11.5 Å². The SMILES string of the molecule is COCc1c(OC)cc(C2(CN)CC2)cc1OC. The molecule has 0 radical (unpaired) electrons. The van der Waals surface area contributed by atoms with Crippen LogP contribution in [0.2, 0.25) is 0 Å². The largest absolute Gasteiger partial charge is 0.496 e. The highest BCUT2D eigenvalue weighted by Gasteiger charge is 2.43. The molecule has 0 aromatic heterocycles. The topological polar surface area (TPSA) is 53.7 Å². The van der Waals surface area contributed by atoms with Crippen molar-refractivity contribution in [3.63, 3.8) is 0 Å². The summed E-state index contributed by atoms with van der Waals surface area (Å²) in [7, 11) is 4.99. The third kappa shape index (κ3) is 2.18. The summed E-state index contributed by atoms with van der Waals surface area (Å²) in [4.78, 5) is 0. The highest BCUT2D eigenvalue weighted by Crippen LogP contribution is 2.49. The number of ether oxygens (including phenoxy) is 3.